The molecule has 0 fully saturated rings. The average molecular weight is 350 g/mol. The first-order chi connectivity index (χ1) is 8.06. The second-order valence-electron chi connectivity index (χ2n) is 3.25. The fourth-order valence-corrected chi connectivity index (χ4v) is 1.76. The highest BCUT2D eigenvalue weighted by Gasteiger charge is 2.14. The number of nitro groups is 1. The molecule has 17 heavy (non-hydrogen) atoms. The molecule has 0 aliphatic heterocycles. The van der Waals surface area contributed by atoms with Gasteiger partial charge in [0.15, 0.2) is 0 Å². The number of aliphatic hydroxyl groups excluding tert-OH is 1. The lowest BCUT2D eigenvalue weighted by atomic mass is 10.2. The van der Waals surface area contributed by atoms with Crippen molar-refractivity contribution in [2.24, 2.45) is 0 Å². The third-order valence-corrected chi connectivity index (χ3v) is 2.97. The van der Waals surface area contributed by atoms with Crippen LogP contribution in [0.15, 0.2) is 18.2 Å². The smallest absolute Gasteiger partial charge is 0.270 e. The van der Waals surface area contributed by atoms with Crippen LogP contribution < -0.4 is 5.32 Å². The number of amides is 1. The normalized spacial score (nSPS) is 10.0. The second kappa shape index (κ2) is 6.50. The summed E-state index contributed by atoms with van der Waals surface area (Å²) in [5, 5.41) is 21.7. The lowest BCUT2D eigenvalue weighted by Gasteiger charge is -2.05. The molecule has 1 amide bonds. The minimum Gasteiger partial charge on any atom is -0.396 e. The minimum absolute atomic E-state index is 0.00763. The molecule has 0 heterocycles. The van der Waals surface area contributed by atoms with Gasteiger partial charge in [0.05, 0.1) is 10.5 Å². The molecule has 1 aromatic rings. The quantitative estimate of drug-likeness (QED) is 0.363. The van der Waals surface area contributed by atoms with Crippen molar-refractivity contribution in [3.05, 3.63) is 37.4 Å². The molecule has 0 aliphatic rings. The summed E-state index contributed by atoms with van der Waals surface area (Å²) in [7, 11) is 0. The Hall–Kier alpha value is -1.22. The molecule has 6 nitrogen and oxygen atoms in total. The first kappa shape index (κ1) is 13.8. The molecule has 0 aliphatic carbocycles. The first-order valence-electron chi connectivity index (χ1n) is 4.89. The van der Waals surface area contributed by atoms with Crippen LogP contribution >= 0.6 is 22.6 Å². The summed E-state index contributed by atoms with van der Waals surface area (Å²) in [6.07, 6.45) is 0.456. The predicted molar refractivity (Wildman–Crippen MR) is 69.8 cm³/mol. The highest BCUT2D eigenvalue weighted by atomic mass is 127. The Morgan fingerprint density at radius 2 is 2.24 bits per heavy atom. The van der Waals surface area contributed by atoms with Crippen molar-refractivity contribution in [3.63, 3.8) is 0 Å². The Balaban J connectivity index is 2.84. The molecule has 0 aromatic heterocycles. The molecule has 0 bridgehead atoms. The molecule has 92 valence electrons. The molecule has 0 saturated carbocycles. The molecule has 2 N–H and O–H groups in total. The van der Waals surface area contributed by atoms with E-state index in [0.29, 0.717) is 16.5 Å². The van der Waals surface area contributed by atoms with Gasteiger partial charge in [0.25, 0.3) is 11.6 Å². The van der Waals surface area contributed by atoms with Crippen molar-refractivity contribution in [2.75, 3.05) is 13.2 Å². The van der Waals surface area contributed by atoms with Crippen LogP contribution in [-0.2, 0) is 0 Å². The van der Waals surface area contributed by atoms with Crippen LogP contribution in [0.25, 0.3) is 0 Å². The van der Waals surface area contributed by atoms with Crippen molar-refractivity contribution < 1.29 is 14.8 Å². The molecule has 0 saturated heterocycles. The zero-order valence-electron chi connectivity index (χ0n) is 8.85. The van der Waals surface area contributed by atoms with Gasteiger partial charge in [-0.2, -0.15) is 0 Å². The Bertz CT molecular complexity index is 436. The number of carbonyl (C=O) groups excluding carboxylic acids is 1. The van der Waals surface area contributed by atoms with E-state index in [1.165, 1.54) is 18.2 Å². The van der Waals surface area contributed by atoms with Crippen LogP contribution in [0.4, 0.5) is 5.69 Å². The number of benzene rings is 1. The number of carbonyl (C=O) groups is 1. The number of nitro benzene ring substituents is 1. The van der Waals surface area contributed by atoms with Gasteiger partial charge >= 0.3 is 0 Å². The van der Waals surface area contributed by atoms with Gasteiger partial charge in [-0.05, 0) is 35.1 Å². The largest absolute Gasteiger partial charge is 0.396 e. The van der Waals surface area contributed by atoms with Gasteiger partial charge in [0.2, 0.25) is 0 Å². The van der Waals surface area contributed by atoms with Gasteiger partial charge in [0.1, 0.15) is 0 Å². The van der Waals surface area contributed by atoms with Gasteiger partial charge in [-0.3, -0.25) is 14.9 Å². The zero-order valence-corrected chi connectivity index (χ0v) is 11.0. The zero-order chi connectivity index (χ0) is 12.8. The predicted octanol–water partition coefficient (Wildman–Crippen LogP) is 1.31. The highest BCUT2D eigenvalue weighted by Crippen LogP contribution is 2.19. The molecule has 7 heteroatoms. The van der Waals surface area contributed by atoms with Crippen LogP contribution in [0.5, 0.6) is 0 Å². The molecule has 1 aromatic carbocycles. The maximum Gasteiger partial charge on any atom is 0.270 e. The van der Waals surface area contributed by atoms with Crippen molar-refractivity contribution >= 4 is 34.2 Å². The number of nitrogens with one attached hydrogen (secondary N) is 1. The van der Waals surface area contributed by atoms with Gasteiger partial charge in [0, 0.05) is 28.9 Å². The fraction of sp³-hybridized carbons (Fsp3) is 0.300. The first-order valence-corrected chi connectivity index (χ1v) is 5.97. The van der Waals surface area contributed by atoms with Crippen molar-refractivity contribution in [3.8, 4) is 0 Å². The summed E-state index contributed by atoms with van der Waals surface area (Å²) < 4.78 is 0.648. The highest BCUT2D eigenvalue weighted by molar-refractivity contribution is 14.1. The van der Waals surface area contributed by atoms with Crippen molar-refractivity contribution in [2.45, 2.75) is 6.42 Å². The Morgan fingerprint density at radius 1 is 1.53 bits per heavy atom. The lowest BCUT2D eigenvalue weighted by molar-refractivity contribution is -0.384. The molecule has 1 rings (SSSR count). The Kier molecular flexibility index (Phi) is 5.29. The number of non-ortho nitro benzene ring substituents is 1. The van der Waals surface area contributed by atoms with E-state index in [2.05, 4.69) is 5.32 Å². The van der Waals surface area contributed by atoms with Crippen LogP contribution in [0, 0.1) is 13.7 Å². The summed E-state index contributed by atoms with van der Waals surface area (Å²) >= 11 is 1.94. The monoisotopic (exact) mass is 350 g/mol. The van der Waals surface area contributed by atoms with E-state index in [1.807, 2.05) is 22.6 Å². The summed E-state index contributed by atoms with van der Waals surface area (Å²) in [6.45, 7) is 0.334. The van der Waals surface area contributed by atoms with E-state index < -0.39 is 4.92 Å². The van der Waals surface area contributed by atoms with E-state index in [0.717, 1.165) is 0 Å². The number of nitrogens with zero attached hydrogens (tertiary/aromatic N) is 1. The minimum atomic E-state index is -0.541. The maximum absolute atomic E-state index is 11.7. The number of hydrogen-bond donors (Lipinski definition) is 2. The van der Waals surface area contributed by atoms with Gasteiger partial charge in [-0.15, -0.1) is 0 Å². The van der Waals surface area contributed by atoms with E-state index in [9.17, 15) is 14.9 Å². The summed E-state index contributed by atoms with van der Waals surface area (Å²) in [5.41, 5.74) is 0.162. The van der Waals surface area contributed by atoms with Gasteiger partial charge in [-0.25, -0.2) is 0 Å². The second-order valence-corrected chi connectivity index (χ2v) is 4.42. The standard InChI is InChI=1S/C10H11IN2O4/c11-9-3-2-7(13(16)17)6-8(9)10(15)12-4-1-5-14/h2-3,6,14H,1,4-5H2,(H,12,15). The van der Waals surface area contributed by atoms with Crippen molar-refractivity contribution in [1.29, 1.82) is 0 Å². The topological polar surface area (TPSA) is 92.5 Å². The Morgan fingerprint density at radius 3 is 2.82 bits per heavy atom. The number of rotatable bonds is 5. The number of halogens is 1. The number of aliphatic hydroxyl groups is 1. The van der Waals surface area contributed by atoms with Gasteiger partial charge in [-0.1, -0.05) is 0 Å². The summed E-state index contributed by atoms with van der Waals surface area (Å²) in [4.78, 5) is 21.7. The van der Waals surface area contributed by atoms with E-state index >= 15 is 0 Å². The molecule has 0 unspecified atom stereocenters. The SMILES string of the molecule is O=C(NCCCO)c1cc([N+](=O)[O-])ccc1I. The average Bonchev–Trinajstić information content (AvgIpc) is 2.29. The fourth-order valence-electron chi connectivity index (χ4n) is 1.18. The van der Waals surface area contributed by atoms with Crippen LogP contribution in [0.3, 0.4) is 0 Å². The molecule has 0 spiro atoms. The van der Waals surface area contributed by atoms with E-state index in [4.69, 9.17) is 5.11 Å². The van der Waals surface area contributed by atoms with Crippen molar-refractivity contribution in [1.82, 2.24) is 5.32 Å². The van der Waals surface area contributed by atoms with Crippen LogP contribution in [0.1, 0.15) is 16.8 Å². The summed E-state index contributed by atoms with van der Waals surface area (Å²) in [6, 6.07) is 4.13. The third kappa shape index (κ3) is 3.93. The summed E-state index contributed by atoms with van der Waals surface area (Å²) in [5.74, 6) is -0.369. The van der Waals surface area contributed by atoms with Crippen LogP contribution in [0.2, 0.25) is 0 Å². The molecule has 0 atom stereocenters. The van der Waals surface area contributed by atoms with Crippen LogP contribution in [-0.4, -0.2) is 29.1 Å². The van der Waals surface area contributed by atoms with Gasteiger partial charge < -0.3 is 10.4 Å². The maximum atomic E-state index is 11.7. The van der Waals surface area contributed by atoms with E-state index in [-0.39, 0.29) is 23.8 Å². The molecular formula is C10H11IN2O4. The number of hydrogen-bond acceptors (Lipinski definition) is 4. The lowest BCUT2D eigenvalue weighted by Crippen LogP contribution is -2.25. The third-order valence-electron chi connectivity index (χ3n) is 2.03. The molecule has 0 radical (unpaired) electrons. The molecular weight excluding hydrogens is 339 g/mol. The van der Waals surface area contributed by atoms with E-state index in [1.54, 1.807) is 0 Å². The Labute approximate surface area is 111 Å².